The minimum Gasteiger partial charge on any atom is -0.442 e. The molecule has 8 heteroatoms. The Morgan fingerprint density at radius 1 is 1.25 bits per heavy atom. The van der Waals surface area contributed by atoms with E-state index in [-0.39, 0.29) is 5.91 Å². The van der Waals surface area contributed by atoms with Gasteiger partial charge in [0.05, 0.1) is 16.6 Å². The quantitative estimate of drug-likeness (QED) is 0.797. The summed E-state index contributed by atoms with van der Waals surface area (Å²) in [5, 5.41) is 7.26. The van der Waals surface area contributed by atoms with Gasteiger partial charge in [0.25, 0.3) is 11.6 Å². The van der Waals surface area contributed by atoms with Crippen LogP contribution in [0.5, 0.6) is 0 Å². The molecule has 128 valence electrons. The van der Waals surface area contributed by atoms with E-state index in [0.29, 0.717) is 41.9 Å². The topological polar surface area (TPSA) is 88.8 Å². The van der Waals surface area contributed by atoms with Crippen molar-refractivity contribution in [1.82, 2.24) is 20.2 Å². The maximum Gasteiger partial charge on any atom is 0.429 e. The number of nitrogens with zero attached hydrogens (tertiary/aromatic N) is 4. The van der Waals surface area contributed by atoms with Crippen LogP contribution < -0.4 is 0 Å². The highest BCUT2D eigenvalue weighted by atomic mass is 16.6. The number of hydrogen-bond donors (Lipinski definition) is 0. The summed E-state index contributed by atoms with van der Waals surface area (Å²) in [6, 6.07) is 1.68. The fourth-order valence-corrected chi connectivity index (χ4v) is 2.54. The molecule has 2 amide bonds. The molecule has 1 aliphatic rings. The van der Waals surface area contributed by atoms with E-state index in [2.05, 4.69) is 10.1 Å². The van der Waals surface area contributed by atoms with Crippen LogP contribution in [0, 0.1) is 6.92 Å². The van der Waals surface area contributed by atoms with Gasteiger partial charge in [0.1, 0.15) is 5.60 Å². The van der Waals surface area contributed by atoms with Crippen LogP contribution in [0.1, 0.15) is 43.2 Å². The summed E-state index contributed by atoms with van der Waals surface area (Å²) in [6.07, 6.45) is 1.61. The Balaban J connectivity index is 1.84. The summed E-state index contributed by atoms with van der Waals surface area (Å²) in [4.78, 5) is 29.2. The van der Waals surface area contributed by atoms with Crippen molar-refractivity contribution < 1.29 is 18.8 Å². The number of aryl methyl sites for hydroxylation is 1. The molecule has 24 heavy (non-hydrogen) atoms. The average molecular weight is 332 g/mol. The van der Waals surface area contributed by atoms with Gasteiger partial charge >= 0.3 is 6.09 Å². The molecule has 8 nitrogen and oxygen atoms in total. The Morgan fingerprint density at radius 3 is 2.67 bits per heavy atom. The first kappa shape index (κ1) is 16.2. The van der Waals surface area contributed by atoms with Gasteiger partial charge in [-0.05, 0) is 40.2 Å². The number of ether oxygens (including phenoxy) is 1. The zero-order valence-corrected chi connectivity index (χ0v) is 14.2. The first-order chi connectivity index (χ1) is 11.3. The van der Waals surface area contributed by atoms with Crippen molar-refractivity contribution in [3.8, 4) is 0 Å². The van der Waals surface area contributed by atoms with E-state index < -0.39 is 11.7 Å². The number of aromatic nitrogens is 2. The van der Waals surface area contributed by atoms with E-state index in [4.69, 9.17) is 9.26 Å². The first-order valence-corrected chi connectivity index (χ1v) is 7.80. The van der Waals surface area contributed by atoms with E-state index in [0.717, 1.165) is 0 Å². The smallest absolute Gasteiger partial charge is 0.429 e. The molecule has 1 fully saturated rings. The maximum absolute atomic E-state index is 12.8. The molecule has 0 N–H and O–H groups in total. The fraction of sp³-hybridized carbons (Fsp3) is 0.500. The lowest BCUT2D eigenvalue weighted by molar-refractivity contribution is -0.0193. The average Bonchev–Trinajstić information content (AvgIpc) is 3.12. The zero-order valence-electron chi connectivity index (χ0n) is 14.2. The van der Waals surface area contributed by atoms with E-state index in [1.165, 1.54) is 16.2 Å². The van der Waals surface area contributed by atoms with Crippen molar-refractivity contribution in [1.29, 1.82) is 0 Å². The van der Waals surface area contributed by atoms with E-state index in [9.17, 15) is 9.59 Å². The second-order valence-electron chi connectivity index (χ2n) is 6.73. The Labute approximate surface area is 139 Å². The SMILES string of the molecule is Cc1noc2ncc(C(=O)N3CCCN3C(=O)OC(C)(C)C)cc12. The second-order valence-corrected chi connectivity index (χ2v) is 6.73. The molecule has 0 aromatic carbocycles. The molecule has 2 aromatic rings. The molecule has 0 spiro atoms. The van der Waals surface area contributed by atoms with Crippen LogP contribution in [0.2, 0.25) is 0 Å². The predicted octanol–water partition coefficient (Wildman–Crippen LogP) is 2.53. The van der Waals surface area contributed by atoms with Crippen molar-refractivity contribution in [2.75, 3.05) is 13.1 Å². The summed E-state index contributed by atoms with van der Waals surface area (Å²) >= 11 is 0. The second kappa shape index (κ2) is 5.77. The molecular weight excluding hydrogens is 312 g/mol. The Hall–Kier alpha value is -2.64. The van der Waals surface area contributed by atoms with E-state index in [1.54, 1.807) is 33.8 Å². The maximum atomic E-state index is 12.8. The number of rotatable bonds is 1. The molecule has 3 rings (SSSR count). The molecule has 2 aromatic heterocycles. The van der Waals surface area contributed by atoms with Gasteiger partial charge in [-0.3, -0.25) is 4.79 Å². The zero-order chi connectivity index (χ0) is 17.5. The van der Waals surface area contributed by atoms with Gasteiger partial charge in [-0.15, -0.1) is 0 Å². The number of carbonyl (C=O) groups excluding carboxylic acids is 2. The third-order valence-corrected chi connectivity index (χ3v) is 3.63. The van der Waals surface area contributed by atoms with Crippen LogP contribution in [0.4, 0.5) is 4.79 Å². The van der Waals surface area contributed by atoms with Gasteiger partial charge in [-0.1, -0.05) is 5.16 Å². The number of hydrazine groups is 1. The van der Waals surface area contributed by atoms with Gasteiger partial charge in [-0.25, -0.2) is 19.8 Å². The van der Waals surface area contributed by atoms with Gasteiger partial charge in [0.2, 0.25) is 0 Å². The van der Waals surface area contributed by atoms with E-state index in [1.807, 2.05) is 0 Å². The lowest BCUT2D eigenvalue weighted by Gasteiger charge is -2.30. The minimum atomic E-state index is -0.617. The highest BCUT2D eigenvalue weighted by Gasteiger charge is 2.34. The molecule has 0 radical (unpaired) electrons. The third-order valence-electron chi connectivity index (χ3n) is 3.63. The van der Waals surface area contributed by atoms with Gasteiger partial charge in [0.15, 0.2) is 0 Å². The fourth-order valence-electron chi connectivity index (χ4n) is 2.54. The van der Waals surface area contributed by atoms with Crippen molar-refractivity contribution >= 4 is 23.1 Å². The number of fused-ring (bicyclic) bond motifs is 1. The monoisotopic (exact) mass is 332 g/mol. The predicted molar refractivity (Wildman–Crippen MR) is 85.1 cm³/mol. The van der Waals surface area contributed by atoms with Gasteiger partial charge in [0, 0.05) is 19.3 Å². The number of carbonyl (C=O) groups is 2. The van der Waals surface area contributed by atoms with Crippen molar-refractivity contribution in [2.45, 2.75) is 39.7 Å². The molecule has 0 aliphatic carbocycles. The van der Waals surface area contributed by atoms with Crippen LogP contribution in [0.25, 0.3) is 11.1 Å². The molecular formula is C16H20N4O4. The third kappa shape index (κ3) is 3.04. The number of hydrogen-bond acceptors (Lipinski definition) is 6. The van der Waals surface area contributed by atoms with Crippen LogP contribution >= 0.6 is 0 Å². The molecule has 0 bridgehead atoms. The Morgan fingerprint density at radius 2 is 1.96 bits per heavy atom. The number of pyridine rings is 1. The summed E-state index contributed by atoms with van der Waals surface area (Å²) < 4.78 is 10.4. The molecule has 1 saturated heterocycles. The van der Waals surface area contributed by atoms with Gasteiger partial charge in [-0.2, -0.15) is 0 Å². The Kier molecular flexibility index (Phi) is 3.90. The highest BCUT2D eigenvalue weighted by Crippen LogP contribution is 2.21. The molecule has 0 unspecified atom stereocenters. The standard InChI is InChI=1S/C16H20N4O4/c1-10-12-8-11(9-17-13(12)24-18-10)14(21)19-6-5-7-20(19)15(22)23-16(2,3)4/h8-9H,5-7H2,1-4H3. The van der Waals surface area contributed by atoms with Crippen LogP contribution in [-0.2, 0) is 4.74 Å². The lowest BCUT2D eigenvalue weighted by atomic mass is 10.2. The summed E-state index contributed by atoms with van der Waals surface area (Å²) in [5.41, 5.74) is 0.810. The van der Waals surface area contributed by atoms with E-state index >= 15 is 0 Å². The molecule has 1 aliphatic heterocycles. The number of amides is 2. The van der Waals surface area contributed by atoms with Crippen molar-refractivity contribution in [3.05, 3.63) is 23.5 Å². The lowest BCUT2D eigenvalue weighted by Crippen LogP contribution is -2.46. The first-order valence-electron chi connectivity index (χ1n) is 7.80. The summed E-state index contributed by atoms with van der Waals surface area (Å²) in [5.74, 6) is -0.298. The van der Waals surface area contributed by atoms with Crippen LogP contribution in [0.15, 0.2) is 16.8 Å². The van der Waals surface area contributed by atoms with Crippen LogP contribution in [0.3, 0.4) is 0 Å². The van der Waals surface area contributed by atoms with Crippen molar-refractivity contribution in [2.24, 2.45) is 0 Å². The van der Waals surface area contributed by atoms with Crippen LogP contribution in [-0.4, -0.2) is 50.8 Å². The molecule has 0 atom stereocenters. The normalized spacial score (nSPS) is 15.2. The summed E-state index contributed by atoms with van der Waals surface area (Å²) in [7, 11) is 0. The van der Waals surface area contributed by atoms with Gasteiger partial charge < -0.3 is 9.26 Å². The molecule has 3 heterocycles. The molecule has 0 saturated carbocycles. The Bertz CT molecular complexity index is 793. The summed E-state index contributed by atoms with van der Waals surface area (Å²) in [6.45, 7) is 8.06. The minimum absolute atomic E-state index is 0.298. The highest BCUT2D eigenvalue weighted by molar-refractivity contribution is 5.97. The van der Waals surface area contributed by atoms with Crippen molar-refractivity contribution in [3.63, 3.8) is 0 Å². The largest absolute Gasteiger partial charge is 0.442 e.